The third-order valence-electron chi connectivity index (χ3n) is 4.44. The molecule has 1 saturated carbocycles. The van der Waals surface area contributed by atoms with Crippen LogP contribution in [0.1, 0.15) is 72.1 Å². The van der Waals surface area contributed by atoms with Crippen molar-refractivity contribution in [3.05, 3.63) is 0 Å². The van der Waals surface area contributed by atoms with Crippen LogP contribution in [0.4, 0.5) is 0 Å². The third-order valence-corrected chi connectivity index (χ3v) is 4.44. The van der Waals surface area contributed by atoms with E-state index in [0.29, 0.717) is 17.4 Å². The molecule has 1 fully saturated rings. The lowest BCUT2D eigenvalue weighted by molar-refractivity contribution is 0.00497. The molecular formula is C16H34N2O. The standard InChI is InChI=1S/C16H34N2O/c1-16(2,3)12-8-11-14(18-17)15(19-4)13-9-6-5-7-10-13/h13-15,18H,5-12,17H2,1-4H3. The third kappa shape index (κ3) is 6.24. The van der Waals surface area contributed by atoms with E-state index in [2.05, 4.69) is 26.2 Å². The van der Waals surface area contributed by atoms with Gasteiger partial charge < -0.3 is 4.74 Å². The average molecular weight is 270 g/mol. The van der Waals surface area contributed by atoms with Gasteiger partial charge in [-0.2, -0.15) is 0 Å². The van der Waals surface area contributed by atoms with E-state index in [1.54, 1.807) is 0 Å². The summed E-state index contributed by atoms with van der Waals surface area (Å²) in [6, 6.07) is 0.301. The molecule has 2 unspecified atom stereocenters. The number of hydrogen-bond donors (Lipinski definition) is 2. The van der Waals surface area contributed by atoms with Gasteiger partial charge in [0.05, 0.1) is 6.10 Å². The topological polar surface area (TPSA) is 47.3 Å². The number of hydrogen-bond acceptors (Lipinski definition) is 3. The maximum Gasteiger partial charge on any atom is 0.0765 e. The second kappa shape index (κ2) is 8.23. The van der Waals surface area contributed by atoms with E-state index < -0.39 is 0 Å². The zero-order valence-corrected chi connectivity index (χ0v) is 13.4. The molecule has 2 atom stereocenters. The fraction of sp³-hybridized carbons (Fsp3) is 1.00. The Morgan fingerprint density at radius 3 is 2.32 bits per heavy atom. The van der Waals surface area contributed by atoms with Crippen molar-refractivity contribution >= 4 is 0 Å². The Bertz CT molecular complexity index is 231. The van der Waals surface area contributed by atoms with Gasteiger partial charge in [-0.1, -0.05) is 46.5 Å². The van der Waals surface area contributed by atoms with E-state index in [9.17, 15) is 0 Å². The van der Waals surface area contributed by atoms with Crippen molar-refractivity contribution in [3.8, 4) is 0 Å². The predicted molar refractivity (Wildman–Crippen MR) is 81.8 cm³/mol. The first-order chi connectivity index (χ1) is 8.98. The molecule has 1 aliphatic carbocycles. The second-order valence-electron chi connectivity index (χ2n) is 7.32. The Morgan fingerprint density at radius 1 is 1.21 bits per heavy atom. The van der Waals surface area contributed by atoms with Gasteiger partial charge in [-0.25, -0.2) is 0 Å². The van der Waals surface area contributed by atoms with Crippen LogP contribution in [0, 0.1) is 11.3 Å². The molecule has 0 saturated heterocycles. The van der Waals surface area contributed by atoms with E-state index >= 15 is 0 Å². The van der Waals surface area contributed by atoms with E-state index in [1.807, 2.05) is 7.11 Å². The summed E-state index contributed by atoms with van der Waals surface area (Å²) in [5.41, 5.74) is 3.42. The summed E-state index contributed by atoms with van der Waals surface area (Å²) in [5, 5.41) is 0. The van der Waals surface area contributed by atoms with Gasteiger partial charge in [0.25, 0.3) is 0 Å². The van der Waals surface area contributed by atoms with Crippen LogP contribution >= 0.6 is 0 Å². The Hall–Kier alpha value is -0.120. The summed E-state index contributed by atoms with van der Waals surface area (Å²) in [4.78, 5) is 0. The van der Waals surface area contributed by atoms with E-state index in [0.717, 1.165) is 6.42 Å². The van der Waals surface area contributed by atoms with Gasteiger partial charge >= 0.3 is 0 Å². The normalized spacial score (nSPS) is 21.3. The molecule has 0 bridgehead atoms. The van der Waals surface area contributed by atoms with Crippen molar-refractivity contribution in [2.75, 3.05) is 7.11 Å². The summed E-state index contributed by atoms with van der Waals surface area (Å²) >= 11 is 0. The monoisotopic (exact) mass is 270 g/mol. The first-order valence-corrected chi connectivity index (χ1v) is 7.97. The predicted octanol–water partition coefficient (Wildman–Crippen LogP) is 3.63. The molecule has 0 amide bonds. The molecule has 0 heterocycles. The van der Waals surface area contributed by atoms with Crippen LogP contribution in [-0.2, 0) is 4.74 Å². The number of ether oxygens (including phenoxy) is 1. The van der Waals surface area contributed by atoms with Gasteiger partial charge in [-0.05, 0) is 37.0 Å². The average Bonchev–Trinajstić information content (AvgIpc) is 2.37. The fourth-order valence-corrected chi connectivity index (χ4v) is 3.34. The van der Waals surface area contributed by atoms with E-state index in [4.69, 9.17) is 10.6 Å². The number of nitrogens with two attached hydrogens (primary N) is 1. The Kier molecular flexibility index (Phi) is 7.33. The molecule has 0 aromatic rings. The highest BCUT2D eigenvalue weighted by Gasteiger charge is 2.30. The van der Waals surface area contributed by atoms with Crippen LogP contribution in [0.15, 0.2) is 0 Å². The maximum absolute atomic E-state index is 5.78. The van der Waals surface area contributed by atoms with Gasteiger partial charge in [-0.3, -0.25) is 11.3 Å². The van der Waals surface area contributed by atoms with Crippen molar-refractivity contribution in [1.82, 2.24) is 5.43 Å². The molecule has 3 heteroatoms. The molecule has 1 aliphatic rings. The Labute approximate surface area is 119 Å². The maximum atomic E-state index is 5.78. The fourth-order valence-electron chi connectivity index (χ4n) is 3.34. The van der Waals surface area contributed by atoms with Crippen LogP contribution in [0.2, 0.25) is 0 Å². The molecule has 3 N–H and O–H groups in total. The molecule has 0 aromatic heterocycles. The van der Waals surface area contributed by atoms with Gasteiger partial charge in [-0.15, -0.1) is 0 Å². The lowest BCUT2D eigenvalue weighted by atomic mass is 9.81. The van der Waals surface area contributed by atoms with E-state index in [-0.39, 0.29) is 6.10 Å². The van der Waals surface area contributed by atoms with Crippen LogP contribution < -0.4 is 11.3 Å². The number of hydrazine groups is 1. The van der Waals surface area contributed by atoms with Gasteiger partial charge in [0.1, 0.15) is 0 Å². The molecule has 19 heavy (non-hydrogen) atoms. The van der Waals surface area contributed by atoms with Crippen molar-refractivity contribution in [2.24, 2.45) is 17.2 Å². The molecule has 114 valence electrons. The lowest BCUT2D eigenvalue weighted by Gasteiger charge is -2.35. The largest absolute Gasteiger partial charge is 0.379 e. The highest BCUT2D eigenvalue weighted by Crippen LogP contribution is 2.31. The van der Waals surface area contributed by atoms with Crippen molar-refractivity contribution < 1.29 is 4.74 Å². The Morgan fingerprint density at radius 2 is 1.84 bits per heavy atom. The molecule has 1 rings (SSSR count). The number of methoxy groups -OCH3 is 1. The van der Waals surface area contributed by atoms with Crippen LogP contribution in [-0.4, -0.2) is 19.3 Å². The van der Waals surface area contributed by atoms with Crippen LogP contribution in [0.5, 0.6) is 0 Å². The zero-order chi connectivity index (χ0) is 14.3. The number of nitrogens with one attached hydrogen (secondary N) is 1. The van der Waals surface area contributed by atoms with E-state index in [1.165, 1.54) is 44.9 Å². The summed E-state index contributed by atoms with van der Waals surface area (Å²) in [5.74, 6) is 6.47. The molecule has 0 aromatic carbocycles. The van der Waals surface area contributed by atoms with Gasteiger partial charge in [0.15, 0.2) is 0 Å². The smallest absolute Gasteiger partial charge is 0.0765 e. The summed E-state index contributed by atoms with van der Waals surface area (Å²) in [6.07, 6.45) is 10.5. The zero-order valence-electron chi connectivity index (χ0n) is 13.4. The molecule has 0 spiro atoms. The first-order valence-electron chi connectivity index (χ1n) is 7.97. The van der Waals surface area contributed by atoms with Crippen LogP contribution in [0.3, 0.4) is 0 Å². The molecule has 3 nitrogen and oxygen atoms in total. The quantitative estimate of drug-likeness (QED) is 0.548. The summed E-state index contributed by atoms with van der Waals surface area (Å²) in [6.45, 7) is 6.90. The molecule has 0 radical (unpaired) electrons. The Balaban J connectivity index is 2.45. The first kappa shape index (κ1) is 16.9. The molecule has 0 aliphatic heterocycles. The molecular weight excluding hydrogens is 236 g/mol. The minimum Gasteiger partial charge on any atom is -0.379 e. The highest BCUT2D eigenvalue weighted by molar-refractivity contribution is 4.84. The van der Waals surface area contributed by atoms with Crippen molar-refractivity contribution in [2.45, 2.75) is 84.3 Å². The summed E-state index contributed by atoms with van der Waals surface area (Å²) < 4.78 is 5.78. The van der Waals surface area contributed by atoms with Crippen LogP contribution in [0.25, 0.3) is 0 Å². The van der Waals surface area contributed by atoms with Crippen molar-refractivity contribution in [3.63, 3.8) is 0 Å². The number of rotatable bonds is 7. The van der Waals surface area contributed by atoms with Gasteiger partial charge in [0, 0.05) is 13.2 Å². The second-order valence-corrected chi connectivity index (χ2v) is 7.32. The van der Waals surface area contributed by atoms with Crippen molar-refractivity contribution in [1.29, 1.82) is 0 Å². The lowest BCUT2D eigenvalue weighted by Crippen LogP contribution is -2.48. The highest BCUT2D eigenvalue weighted by atomic mass is 16.5. The van der Waals surface area contributed by atoms with Gasteiger partial charge in [0.2, 0.25) is 0 Å². The minimum atomic E-state index is 0.283. The summed E-state index contributed by atoms with van der Waals surface area (Å²) in [7, 11) is 1.84. The minimum absolute atomic E-state index is 0.283. The SMILES string of the molecule is COC(C1CCCCC1)C(CCCC(C)(C)C)NN.